The van der Waals surface area contributed by atoms with Crippen LogP contribution in [0.5, 0.6) is 0 Å². The lowest BCUT2D eigenvalue weighted by Gasteiger charge is -2.34. The molecule has 0 amide bonds. The molecule has 3 nitrogen and oxygen atoms in total. The quantitative estimate of drug-likeness (QED) is 0.897. The minimum absolute atomic E-state index is 0.254. The van der Waals surface area contributed by atoms with Crippen LogP contribution in [0.4, 0.5) is 5.82 Å². The SMILES string of the molecule is CCC(N)Cc1ccc(N2CCC(C(C)C)CC2)nc1. The summed E-state index contributed by atoms with van der Waals surface area (Å²) in [5, 5.41) is 0. The van der Waals surface area contributed by atoms with E-state index in [9.17, 15) is 0 Å². The van der Waals surface area contributed by atoms with Crippen molar-refractivity contribution in [3.63, 3.8) is 0 Å². The summed E-state index contributed by atoms with van der Waals surface area (Å²) in [4.78, 5) is 7.05. The molecular formula is C17H29N3. The van der Waals surface area contributed by atoms with Crippen LogP contribution in [0.1, 0.15) is 45.6 Å². The van der Waals surface area contributed by atoms with E-state index in [1.807, 2.05) is 6.20 Å². The molecule has 0 bridgehead atoms. The summed E-state index contributed by atoms with van der Waals surface area (Å²) in [6.07, 6.45) is 6.53. The molecule has 1 aromatic rings. The Labute approximate surface area is 123 Å². The van der Waals surface area contributed by atoms with E-state index >= 15 is 0 Å². The predicted molar refractivity (Wildman–Crippen MR) is 86.0 cm³/mol. The van der Waals surface area contributed by atoms with E-state index in [1.165, 1.54) is 18.4 Å². The molecule has 0 radical (unpaired) electrons. The number of hydrogen-bond donors (Lipinski definition) is 1. The van der Waals surface area contributed by atoms with Crippen molar-refractivity contribution < 1.29 is 0 Å². The summed E-state index contributed by atoms with van der Waals surface area (Å²) in [6.45, 7) is 9.09. The molecule has 1 aliphatic heterocycles. The van der Waals surface area contributed by atoms with Gasteiger partial charge < -0.3 is 10.6 Å². The molecule has 20 heavy (non-hydrogen) atoms. The van der Waals surface area contributed by atoms with E-state index in [4.69, 9.17) is 5.73 Å². The second-order valence-electron chi connectivity index (χ2n) is 6.47. The average molecular weight is 275 g/mol. The summed E-state index contributed by atoms with van der Waals surface area (Å²) < 4.78 is 0. The van der Waals surface area contributed by atoms with E-state index in [1.54, 1.807) is 0 Å². The minimum Gasteiger partial charge on any atom is -0.357 e. The third-order valence-corrected chi connectivity index (χ3v) is 4.64. The Kier molecular flexibility index (Phi) is 5.41. The second-order valence-corrected chi connectivity index (χ2v) is 6.47. The average Bonchev–Trinajstić information content (AvgIpc) is 2.48. The van der Waals surface area contributed by atoms with Crippen LogP contribution < -0.4 is 10.6 Å². The van der Waals surface area contributed by atoms with Gasteiger partial charge in [-0.3, -0.25) is 0 Å². The van der Waals surface area contributed by atoms with Crippen molar-refractivity contribution in [3.05, 3.63) is 23.9 Å². The zero-order chi connectivity index (χ0) is 14.5. The van der Waals surface area contributed by atoms with Crippen LogP contribution in [-0.2, 0) is 6.42 Å². The Morgan fingerprint density at radius 2 is 2.00 bits per heavy atom. The second kappa shape index (κ2) is 7.07. The third kappa shape index (κ3) is 3.95. The maximum atomic E-state index is 5.99. The molecule has 1 atom stereocenters. The molecule has 1 fully saturated rings. The van der Waals surface area contributed by atoms with Crippen molar-refractivity contribution in [2.45, 2.75) is 52.5 Å². The van der Waals surface area contributed by atoms with Gasteiger partial charge in [0.15, 0.2) is 0 Å². The van der Waals surface area contributed by atoms with Gasteiger partial charge >= 0.3 is 0 Å². The number of pyridine rings is 1. The smallest absolute Gasteiger partial charge is 0.128 e. The highest BCUT2D eigenvalue weighted by atomic mass is 15.2. The molecule has 1 aliphatic rings. The first-order valence-corrected chi connectivity index (χ1v) is 8.05. The topological polar surface area (TPSA) is 42.1 Å². The fourth-order valence-electron chi connectivity index (χ4n) is 2.97. The Bertz CT molecular complexity index is 391. The first kappa shape index (κ1) is 15.3. The van der Waals surface area contributed by atoms with Gasteiger partial charge in [0.1, 0.15) is 5.82 Å². The van der Waals surface area contributed by atoms with Gasteiger partial charge in [-0.15, -0.1) is 0 Å². The lowest BCUT2D eigenvalue weighted by Crippen LogP contribution is -2.35. The Morgan fingerprint density at radius 1 is 1.30 bits per heavy atom. The summed E-state index contributed by atoms with van der Waals surface area (Å²) in [5.74, 6) is 2.82. The molecule has 2 N–H and O–H groups in total. The van der Waals surface area contributed by atoms with E-state index < -0.39 is 0 Å². The standard InChI is InChI=1S/C17H29N3/c1-4-16(18)11-14-5-6-17(19-12-14)20-9-7-15(8-10-20)13(2)3/h5-6,12-13,15-16H,4,7-11,18H2,1-3H3. The van der Waals surface area contributed by atoms with Crippen LogP contribution in [0.25, 0.3) is 0 Å². The molecule has 112 valence electrons. The first-order valence-electron chi connectivity index (χ1n) is 8.05. The van der Waals surface area contributed by atoms with Gasteiger partial charge in [-0.2, -0.15) is 0 Å². The van der Waals surface area contributed by atoms with E-state index in [-0.39, 0.29) is 6.04 Å². The monoisotopic (exact) mass is 275 g/mol. The lowest BCUT2D eigenvalue weighted by molar-refractivity contribution is 0.310. The highest BCUT2D eigenvalue weighted by Gasteiger charge is 2.22. The molecule has 1 aromatic heterocycles. The van der Waals surface area contributed by atoms with Crippen molar-refractivity contribution in [2.24, 2.45) is 17.6 Å². The number of rotatable bonds is 5. The molecule has 1 unspecified atom stereocenters. The molecule has 1 saturated heterocycles. The molecule has 0 spiro atoms. The highest BCUT2D eigenvalue weighted by Crippen LogP contribution is 2.26. The van der Waals surface area contributed by atoms with Gasteiger partial charge in [0.2, 0.25) is 0 Å². The van der Waals surface area contributed by atoms with Gasteiger partial charge in [-0.05, 0) is 49.1 Å². The van der Waals surface area contributed by atoms with Crippen molar-refractivity contribution in [2.75, 3.05) is 18.0 Å². The predicted octanol–water partition coefficient (Wildman–Crippen LogP) is 3.23. The molecule has 3 heteroatoms. The zero-order valence-corrected chi connectivity index (χ0v) is 13.2. The molecule has 2 heterocycles. The molecular weight excluding hydrogens is 246 g/mol. The molecule has 0 aromatic carbocycles. The van der Waals surface area contributed by atoms with Crippen LogP contribution in [0.2, 0.25) is 0 Å². The molecule has 0 aliphatic carbocycles. The van der Waals surface area contributed by atoms with Gasteiger partial charge in [-0.1, -0.05) is 26.8 Å². The van der Waals surface area contributed by atoms with Crippen LogP contribution in [0.15, 0.2) is 18.3 Å². The number of nitrogens with two attached hydrogens (primary N) is 1. The lowest BCUT2D eigenvalue weighted by atomic mass is 9.87. The van der Waals surface area contributed by atoms with Gasteiger partial charge in [0, 0.05) is 25.3 Å². The van der Waals surface area contributed by atoms with E-state index in [2.05, 4.69) is 42.8 Å². The van der Waals surface area contributed by atoms with Crippen LogP contribution in [-0.4, -0.2) is 24.1 Å². The van der Waals surface area contributed by atoms with Gasteiger partial charge in [-0.25, -0.2) is 4.98 Å². The maximum Gasteiger partial charge on any atom is 0.128 e. The summed E-state index contributed by atoms with van der Waals surface area (Å²) >= 11 is 0. The first-order chi connectivity index (χ1) is 9.60. The number of aromatic nitrogens is 1. The van der Waals surface area contributed by atoms with Gasteiger partial charge in [0.25, 0.3) is 0 Å². The maximum absolute atomic E-state index is 5.99. The number of anilines is 1. The third-order valence-electron chi connectivity index (χ3n) is 4.64. The Balaban J connectivity index is 1.91. The fourth-order valence-corrected chi connectivity index (χ4v) is 2.97. The zero-order valence-electron chi connectivity index (χ0n) is 13.2. The summed E-state index contributed by atoms with van der Waals surface area (Å²) in [5.41, 5.74) is 7.24. The van der Waals surface area contributed by atoms with Gasteiger partial charge in [0.05, 0.1) is 0 Å². The van der Waals surface area contributed by atoms with Crippen molar-refractivity contribution >= 4 is 5.82 Å². The van der Waals surface area contributed by atoms with Crippen molar-refractivity contribution in [1.29, 1.82) is 0 Å². The van der Waals surface area contributed by atoms with Crippen molar-refractivity contribution in [3.8, 4) is 0 Å². The van der Waals surface area contributed by atoms with Crippen LogP contribution in [0.3, 0.4) is 0 Å². The Morgan fingerprint density at radius 3 is 2.50 bits per heavy atom. The normalized spacial score (nSPS) is 18.6. The number of hydrogen-bond acceptors (Lipinski definition) is 3. The number of piperidine rings is 1. The summed E-state index contributed by atoms with van der Waals surface area (Å²) in [7, 11) is 0. The van der Waals surface area contributed by atoms with E-state index in [0.29, 0.717) is 0 Å². The van der Waals surface area contributed by atoms with Crippen molar-refractivity contribution in [1.82, 2.24) is 4.98 Å². The highest BCUT2D eigenvalue weighted by molar-refractivity contribution is 5.39. The minimum atomic E-state index is 0.254. The van der Waals surface area contributed by atoms with E-state index in [0.717, 1.165) is 43.6 Å². The van der Waals surface area contributed by atoms with Crippen LogP contribution in [0, 0.1) is 11.8 Å². The molecule has 2 rings (SSSR count). The summed E-state index contributed by atoms with van der Waals surface area (Å²) in [6, 6.07) is 4.60. The largest absolute Gasteiger partial charge is 0.357 e. The van der Waals surface area contributed by atoms with Crippen LogP contribution >= 0.6 is 0 Å². The number of nitrogens with zero attached hydrogens (tertiary/aromatic N) is 2. The fraction of sp³-hybridized carbons (Fsp3) is 0.706. The molecule has 0 saturated carbocycles. The Hall–Kier alpha value is -1.09.